The van der Waals surface area contributed by atoms with Crippen LogP contribution in [0.1, 0.15) is 15.9 Å². The average Bonchev–Trinajstić information content (AvgIpc) is 3.32. The van der Waals surface area contributed by atoms with Crippen molar-refractivity contribution in [3.05, 3.63) is 71.8 Å². The van der Waals surface area contributed by atoms with E-state index in [0.29, 0.717) is 11.1 Å². The molecular formula is C21H12N4OS. The summed E-state index contributed by atoms with van der Waals surface area (Å²) < 4.78 is 4.48. The number of ketones is 1. The summed E-state index contributed by atoms with van der Waals surface area (Å²) in [5, 5.41) is 13.8. The zero-order valence-corrected chi connectivity index (χ0v) is 14.8. The van der Waals surface area contributed by atoms with Crippen molar-refractivity contribution < 1.29 is 4.79 Å². The van der Waals surface area contributed by atoms with Crippen molar-refractivity contribution in [3.63, 3.8) is 0 Å². The second-order valence-electron chi connectivity index (χ2n) is 6.51. The topological polar surface area (TPSA) is 70.7 Å². The Kier molecular flexibility index (Phi) is 2.84. The summed E-state index contributed by atoms with van der Waals surface area (Å²) >= 11 is 1.40. The molecule has 0 amide bonds. The van der Waals surface area contributed by atoms with Gasteiger partial charge >= 0.3 is 0 Å². The maximum Gasteiger partial charge on any atom is 0.196 e. The van der Waals surface area contributed by atoms with Crippen LogP contribution in [-0.2, 0) is 0 Å². The Hall–Kier alpha value is -3.51. The van der Waals surface area contributed by atoms with Crippen LogP contribution in [0.2, 0.25) is 0 Å². The number of carbonyl (C=O) groups is 1. The fourth-order valence-corrected chi connectivity index (χ4v) is 4.55. The van der Waals surface area contributed by atoms with Gasteiger partial charge in [0, 0.05) is 21.9 Å². The van der Waals surface area contributed by atoms with E-state index < -0.39 is 0 Å². The van der Waals surface area contributed by atoms with E-state index in [0.717, 1.165) is 43.8 Å². The number of aromatic nitrogens is 3. The highest BCUT2D eigenvalue weighted by atomic mass is 32.1. The third kappa shape index (κ3) is 1.96. The number of benzene rings is 3. The molecule has 0 fully saturated rings. The normalized spacial score (nSPS) is 12.5. The van der Waals surface area contributed by atoms with Gasteiger partial charge in [0.05, 0.1) is 22.3 Å². The lowest BCUT2D eigenvalue weighted by Crippen LogP contribution is -2.11. The van der Waals surface area contributed by atoms with Crippen molar-refractivity contribution in [3.8, 4) is 11.3 Å². The number of aromatic amines is 1. The fraction of sp³-hybridized carbons (Fsp3) is 0. The molecule has 0 aliphatic heterocycles. The Bertz CT molecular complexity index is 1380. The molecule has 6 rings (SSSR count). The molecule has 1 aliphatic rings. The monoisotopic (exact) mass is 368 g/mol. The molecule has 5 aromatic rings. The summed E-state index contributed by atoms with van der Waals surface area (Å²) in [6, 6.07) is 19.5. The smallest absolute Gasteiger partial charge is 0.196 e. The van der Waals surface area contributed by atoms with Crippen LogP contribution in [0.25, 0.3) is 33.1 Å². The molecule has 0 radical (unpaired) electrons. The van der Waals surface area contributed by atoms with Gasteiger partial charge in [0.25, 0.3) is 0 Å². The summed E-state index contributed by atoms with van der Waals surface area (Å²) in [6.45, 7) is 0. The van der Waals surface area contributed by atoms with Crippen LogP contribution < -0.4 is 5.32 Å². The number of nitrogens with one attached hydrogen (secondary N) is 2. The number of carbonyl (C=O) groups excluding carboxylic acids is 1. The second-order valence-corrected chi connectivity index (χ2v) is 7.28. The minimum atomic E-state index is 0.0152. The number of hydrogen-bond donors (Lipinski definition) is 2. The van der Waals surface area contributed by atoms with E-state index in [1.807, 2.05) is 60.7 Å². The second kappa shape index (κ2) is 5.25. The van der Waals surface area contributed by atoms with Crippen molar-refractivity contribution in [1.82, 2.24) is 14.6 Å². The number of nitrogens with zero attached hydrogens (tertiary/aromatic N) is 2. The predicted octanol–water partition coefficient (Wildman–Crippen LogP) is 5.13. The average molecular weight is 368 g/mol. The largest absolute Gasteiger partial charge is 0.345 e. The Morgan fingerprint density at radius 1 is 0.926 bits per heavy atom. The van der Waals surface area contributed by atoms with Crippen LogP contribution in [-0.4, -0.2) is 20.4 Å². The Labute approximate surface area is 157 Å². The molecule has 27 heavy (non-hydrogen) atoms. The lowest BCUT2D eigenvalue weighted by Gasteiger charge is -2.18. The lowest BCUT2D eigenvalue weighted by molar-refractivity contribution is 0.104. The first-order valence-electron chi connectivity index (χ1n) is 8.58. The Morgan fingerprint density at radius 3 is 2.67 bits per heavy atom. The van der Waals surface area contributed by atoms with Gasteiger partial charge in [0.15, 0.2) is 5.78 Å². The molecule has 1 aliphatic carbocycles. The molecule has 0 atom stereocenters. The standard InChI is InChI=1S/C21H12N4OS/c26-20-12-6-2-1-5-11(12)19-17-16(23-24-19)10-9-15(18(17)20)22-21-13-7-3-4-8-14(13)25-27-21/h1-10,22H,(H,23,24). The minimum Gasteiger partial charge on any atom is -0.345 e. The molecule has 3 aromatic carbocycles. The van der Waals surface area contributed by atoms with Crippen molar-refractivity contribution in [1.29, 1.82) is 0 Å². The van der Waals surface area contributed by atoms with Gasteiger partial charge in [0.2, 0.25) is 0 Å². The van der Waals surface area contributed by atoms with Gasteiger partial charge in [-0.1, -0.05) is 36.4 Å². The van der Waals surface area contributed by atoms with Gasteiger partial charge in [0.1, 0.15) is 10.7 Å². The van der Waals surface area contributed by atoms with Crippen LogP contribution in [0.3, 0.4) is 0 Å². The predicted molar refractivity (Wildman–Crippen MR) is 108 cm³/mol. The van der Waals surface area contributed by atoms with Gasteiger partial charge in [-0.25, -0.2) is 0 Å². The maximum absolute atomic E-state index is 13.3. The van der Waals surface area contributed by atoms with E-state index in [-0.39, 0.29) is 5.78 Å². The van der Waals surface area contributed by atoms with E-state index in [4.69, 9.17) is 0 Å². The first-order valence-corrected chi connectivity index (χ1v) is 9.35. The zero-order valence-electron chi connectivity index (χ0n) is 14.0. The van der Waals surface area contributed by atoms with Gasteiger partial charge in [-0.15, -0.1) is 0 Å². The van der Waals surface area contributed by atoms with Crippen molar-refractivity contribution >= 4 is 49.8 Å². The van der Waals surface area contributed by atoms with E-state index >= 15 is 0 Å². The van der Waals surface area contributed by atoms with Crippen molar-refractivity contribution in [2.75, 3.05) is 5.32 Å². The Morgan fingerprint density at radius 2 is 1.74 bits per heavy atom. The van der Waals surface area contributed by atoms with Crippen LogP contribution in [0.15, 0.2) is 60.7 Å². The molecular weight excluding hydrogens is 356 g/mol. The molecule has 6 heteroatoms. The fourth-order valence-electron chi connectivity index (χ4n) is 3.77. The third-order valence-electron chi connectivity index (χ3n) is 5.02. The first-order chi connectivity index (χ1) is 13.3. The SMILES string of the molecule is O=C1c2ccccc2-c2n[nH]c3ccc(Nc4snc5ccccc45)c1c23. The molecule has 0 bridgehead atoms. The maximum atomic E-state index is 13.3. The number of fused-ring (bicyclic) bond motifs is 3. The van der Waals surface area contributed by atoms with Crippen LogP contribution in [0.4, 0.5) is 10.7 Å². The molecule has 2 aromatic heterocycles. The van der Waals surface area contributed by atoms with Crippen LogP contribution in [0, 0.1) is 0 Å². The van der Waals surface area contributed by atoms with Gasteiger partial charge < -0.3 is 5.32 Å². The highest BCUT2D eigenvalue weighted by Crippen LogP contribution is 2.42. The third-order valence-corrected chi connectivity index (χ3v) is 5.81. The molecule has 2 N–H and O–H groups in total. The van der Waals surface area contributed by atoms with Crippen LogP contribution in [0.5, 0.6) is 0 Å². The molecule has 0 saturated carbocycles. The van der Waals surface area contributed by atoms with E-state index in [1.54, 1.807) is 0 Å². The first kappa shape index (κ1) is 14.6. The zero-order chi connectivity index (χ0) is 18.0. The lowest BCUT2D eigenvalue weighted by atomic mass is 9.86. The summed E-state index contributed by atoms with van der Waals surface area (Å²) in [4.78, 5) is 13.3. The minimum absolute atomic E-state index is 0.0152. The summed E-state index contributed by atoms with van der Waals surface area (Å²) in [7, 11) is 0. The van der Waals surface area contributed by atoms with Gasteiger partial charge in [-0.05, 0) is 35.8 Å². The quantitative estimate of drug-likeness (QED) is 0.445. The Balaban J connectivity index is 1.60. The van der Waals surface area contributed by atoms with E-state index in [2.05, 4.69) is 19.9 Å². The number of hydrogen-bond acceptors (Lipinski definition) is 5. The summed E-state index contributed by atoms with van der Waals surface area (Å²) in [5.41, 5.74) is 5.63. The number of rotatable bonds is 2. The highest BCUT2D eigenvalue weighted by Gasteiger charge is 2.29. The summed E-state index contributed by atoms with van der Waals surface area (Å²) in [5.74, 6) is 0.0152. The molecule has 0 saturated heterocycles. The van der Waals surface area contributed by atoms with Crippen molar-refractivity contribution in [2.45, 2.75) is 0 Å². The van der Waals surface area contributed by atoms with Gasteiger partial charge in [-0.2, -0.15) is 9.47 Å². The van der Waals surface area contributed by atoms with Crippen LogP contribution >= 0.6 is 11.5 Å². The van der Waals surface area contributed by atoms with Gasteiger partial charge in [-0.3, -0.25) is 9.89 Å². The van der Waals surface area contributed by atoms with E-state index in [1.165, 1.54) is 11.5 Å². The molecule has 128 valence electrons. The highest BCUT2D eigenvalue weighted by molar-refractivity contribution is 7.11. The van der Waals surface area contributed by atoms with E-state index in [9.17, 15) is 4.79 Å². The molecule has 2 heterocycles. The number of H-pyrrole nitrogens is 1. The molecule has 0 unspecified atom stereocenters. The number of anilines is 2. The van der Waals surface area contributed by atoms with Crippen molar-refractivity contribution in [2.24, 2.45) is 0 Å². The molecule has 0 spiro atoms. The molecule has 5 nitrogen and oxygen atoms in total. The summed E-state index contributed by atoms with van der Waals surface area (Å²) in [6.07, 6.45) is 0.